The number of piperidine rings is 1. The van der Waals surface area contributed by atoms with Gasteiger partial charge in [-0.15, -0.1) is 0 Å². The molecule has 0 spiro atoms. The number of methoxy groups -OCH3 is 3. The highest BCUT2D eigenvalue weighted by Gasteiger charge is 2.57. The number of thiazole rings is 1. The Labute approximate surface area is 251 Å². The number of fused-ring (bicyclic) bond motifs is 2. The van der Waals surface area contributed by atoms with Gasteiger partial charge in [0.25, 0.3) is 0 Å². The van der Waals surface area contributed by atoms with Crippen LogP contribution in [0.15, 0.2) is 52.3 Å². The van der Waals surface area contributed by atoms with Gasteiger partial charge in [-0.05, 0) is 61.2 Å². The van der Waals surface area contributed by atoms with E-state index in [1.54, 1.807) is 55.5 Å². The number of aromatic nitrogens is 1. The molecule has 0 saturated carbocycles. The van der Waals surface area contributed by atoms with Crippen molar-refractivity contribution in [1.82, 2.24) is 9.47 Å². The van der Waals surface area contributed by atoms with E-state index < -0.39 is 17.1 Å². The summed E-state index contributed by atoms with van der Waals surface area (Å²) in [7, 11) is 4.62. The van der Waals surface area contributed by atoms with Gasteiger partial charge >= 0.3 is 4.87 Å². The number of hydrogen-bond donors (Lipinski definition) is 0. The van der Waals surface area contributed by atoms with Crippen LogP contribution in [0.3, 0.4) is 0 Å². The van der Waals surface area contributed by atoms with Gasteiger partial charge in [0, 0.05) is 23.9 Å². The third-order valence-corrected chi connectivity index (χ3v) is 10.8. The van der Waals surface area contributed by atoms with Gasteiger partial charge in [-0.1, -0.05) is 29.2 Å². The molecule has 42 heavy (non-hydrogen) atoms. The fraction of sp³-hybridized carbons (Fsp3) is 0.400. The monoisotopic (exact) mass is 609 g/mol. The van der Waals surface area contributed by atoms with Gasteiger partial charge in [0.2, 0.25) is 17.7 Å². The van der Waals surface area contributed by atoms with Crippen LogP contribution < -0.4 is 24.0 Å². The predicted molar refractivity (Wildman–Crippen MR) is 159 cm³/mol. The molecule has 0 N–H and O–H groups in total. The Balaban J connectivity index is 1.45. The van der Waals surface area contributed by atoms with E-state index in [1.165, 1.54) is 28.3 Å². The highest BCUT2D eigenvalue weighted by Crippen LogP contribution is 2.54. The van der Waals surface area contributed by atoms with E-state index in [4.69, 9.17) is 14.2 Å². The van der Waals surface area contributed by atoms with Crippen LogP contribution in [-0.2, 0) is 20.9 Å². The lowest BCUT2D eigenvalue weighted by Crippen LogP contribution is -2.39. The molecule has 3 aromatic rings. The SMILES string of the molecule is COc1ccc(N2C(=O)[C@H]3[C@H](c4ccc(OC)c(OC)c4)c4sc(=O)n(CC(=O)N5CCCCC5)c4S[C@H]3C2=O)cc1. The second-order valence-electron chi connectivity index (χ2n) is 10.4. The zero-order valence-electron chi connectivity index (χ0n) is 23.5. The molecule has 2 aromatic carbocycles. The smallest absolute Gasteiger partial charge is 0.308 e. The quantitative estimate of drug-likeness (QED) is 0.373. The van der Waals surface area contributed by atoms with E-state index in [1.807, 2.05) is 6.07 Å². The van der Waals surface area contributed by atoms with E-state index in [9.17, 15) is 19.2 Å². The van der Waals surface area contributed by atoms with E-state index in [0.717, 1.165) is 36.2 Å². The van der Waals surface area contributed by atoms with Gasteiger partial charge in [-0.25, -0.2) is 4.90 Å². The summed E-state index contributed by atoms with van der Waals surface area (Å²) in [5, 5.41) is -0.218. The number of nitrogens with zero attached hydrogens (tertiary/aromatic N) is 3. The van der Waals surface area contributed by atoms with E-state index in [0.29, 0.717) is 45.9 Å². The standard InChI is InChI=1S/C30H31N3O7S2/c1-38-19-10-8-18(9-11-19)33-27(35)24-23(17-7-12-20(39-2)21(15-17)40-3)26-29(41-25(24)28(33)36)32(30(37)42-26)16-22(34)31-13-5-4-6-14-31/h7-12,15,23-25H,4-6,13-14,16H2,1-3H3/t23-,24-,25+/m0/s1. The molecule has 4 heterocycles. The number of benzene rings is 2. The third-order valence-electron chi connectivity index (χ3n) is 8.15. The molecule has 6 rings (SSSR count). The Hall–Kier alpha value is -3.77. The maximum atomic E-state index is 14.1. The molecule has 3 atom stereocenters. The number of carbonyl (C=O) groups excluding carboxylic acids is 3. The first-order valence-corrected chi connectivity index (χ1v) is 15.5. The first kappa shape index (κ1) is 28.4. The normalized spacial score (nSPS) is 21.6. The van der Waals surface area contributed by atoms with Gasteiger partial charge in [-0.3, -0.25) is 23.7 Å². The van der Waals surface area contributed by atoms with Crippen LogP contribution in [0.25, 0.3) is 0 Å². The van der Waals surface area contributed by atoms with Gasteiger partial charge in [0.1, 0.15) is 17.5 Å². The molecule has 2 saturated heterocycles. The van der Waals surface area contributed by atoms with Crippen molar-refractivity contribution in [2.75, 3.05) is 39.3 Å². The molecule has 2 fully saturated rings. The van der Waals surface area contributed by atoms with Crippen molar-refractivity contribution in [1.29, 1.82) is 0 Å². The van der Waals surface area contributed by atoms with Crippen LogP contribution in [0, 0.1) is 5.92 Å². The Morgan fingerprint density at radius 1 is 0.881 bits per heavy atom. The van der Waals surface area contributed by atoms with Gasteiger partial charge in [-0.2, -0.15) is 0 Å². The third kappa shape index (κ3) is 4.76. The summed E-state index contributed by atoms with van der Waals surface area (Å²) in [4.78, 5) is 58.1. The fourth-order valence-corrected chi connectivity index (χ4v) is 8.80. The molecule has 12 heteroatoms. The molecule has 0 radical (unpaired) electrons. The van der Waals surface area contributed by atoms with E-state index in [2.05, 4.69) is 0 Å². The van der Waals surface area contributed by atoms with Crippen LogP contribution in [0.1, 0.15) is 35.6 Å². The average Bonchev–Trinajstić information content (AvgIpc) is 3.47. The van der Waals surface area contributed by atoms with Crippen LogP contribution >= 0.6 is 23.1 Å². The molecule has 3 amide bonds. The average molecular weight is 610 g/mol. The molecule has 3 aliphatic heterocycles. The van der Waals surface area contributed by atoms with Gasteiger partial charge in [0.05, 0.1) is 38.0 Å². The summed E-state index contributed by atoms with van der Waals surface area (Å²) >= 11 is 2.24. The van der Waals surface area contributed by atoms with Crippen LogP contribution in [0.5, 0.6) is 17.2 Å². The fourth-order valence-electron chi connectivity index (χ4n) is 6.03. The van der Waals surface area contributed by atoms with Gasteiger partial charge < -0.3 is 19.1 Å². The zero-order valence-corrected chi connectivity index (χ0v) is 25.2. The molecule has 10 nitrogen and oxygen atoms in total. The Kier molecular flexibility index (Phi) is 7.75. The van der Waals surface area contributed by atoms with Crippen molar-refractivity contribution in [3.8, 4) is 17.2 Å². The van der Waals surface area contributed by atoms with E-state index >= 15 is 0 Å². The minimum atomic E-state index is -0.782. The lowest BCUT2D eigenvalue weighted by atomic mass is 9.83. The maximum Gasteiger partial charge on any atom is 0.308 e. The van der Waals surface area contributed by atoms with Crippen molar-refractivity contribution in [2.24, 2.45) is 5.92 Å². The second-order valence-corrected chi connectivity index (χ2v) is 12.6. The zero-order chi connectivity index (χ0) is 29.5. The molecule has 1 aromatic heterocycles. The summed E-state index contributed by atoms with van der Waals surface area (Å²) in [5.74, 6) is -0.575. The highest BCUT2D eigenvalue weighted by molar-refractivity contribution is 8.00. The topological polar surface area (TPSA) is 107 Å². The summed E-state index contributed by atoms with van der Waals surface area (Å²) in [6.07, 6.45) is 2.98. The Bertz CT molecular complexity index is 1590. The molecular formula is C30H31N3O7S2. The minimum Gasteiger partial charge on any atom is -0.497 e. The molecular weight excluding hydrogens is 578 g/mol. The largest absolute Gasteiger partial charge is 0.497 e. The molecule has 220 valence electrons. The number of thioether (sulfide) groups is 1. The van der Waals surface area contributed by atoms with Crippen molar-refractivity contribution < 1.29 is 28.6 Å². The van der Waals surface area contributed by atoms with Crippen molar-refractivity contribution in [3.05, 3.63) is 62.6 Å². The van der Waals surface area contributed by atoms with Crippen LogP contribution in [-0.4, -0.2) is 66.9 Å². The highest BCUT2D eigenvalue weighted by atomic mass is 32.2. The second kappa shape index (κ2) is 11.5. The number of likely N-dealkylation sites (tertiary alicyclic amines) is 1. The Morgan fingerprint density at radius 2 is 1.60 bits per heavy atom. The maximum absolute atomic E-state index is 14.1. The number of hydrogen-bond acceptors (Lipinski definition) is 9. The number of imide groups is 1. The summed E-state index contributed by atoms with van der Waals surface area (Å²) in [6, 6.07) is 12.2. The lowest BCUT2D eigenvalue weighted by Gasteiger charge is -2.31. The van der Waals surface area contributed by atoms with Crippen molar-refractivity contribution >= 4 is 46.5 Å². The van der Waals surface area contributed by atoms with Gasteiger partial charge in [0.15, 0.2) is 11.5 Å². The number of rotatable bonds is 7. The molecule has 3 aliphatic rings. The first-order chi connectivity index (χ1) is 20.4. The number of ether oxygens (including phenoxy) is 3. The number of carbonyl (C=O) groups is 3. The first-order valence-electron chi connectivity index (χ1n) is 13.8. The molecule has 0 unspecified atom stereocenters. The molecule has 0 aliphatic carbocycles. The lowest BCUT2D eigenvalue weighted by molar-refractivity contribution is -0.133. The molecule has 0 bridgehead atoms. The Morgan fingerprint density at radius 3 is 2.26 bits per heavy atom. The van der Waals surface area contributed by atoms with Crippen molar-refractivity contribution in [3.63, 3.8) is 0 Å². The minimum absolute atomic E-state index is 0.0992. The number of anilines is 1. The van der Waals surface area contributed by atoms with Crippen LogP contribution in [0.4, 0.5) is 5.69 Å². The van der Waals surface area contributed by atoms with E-state index in [-0.39, 0.29) is 29.1 Å². The van der Waals surface area contributed by atoms with Crippen molar-refractivity contribution in [2.45, 2.75) is 42.0 Å². The number of amides is 3. The summed E-state index contributed by atoms with van der Waals surface area (Å²) in [5.41, 5.74) is 1.17. The summed E-state index contributed by atoms with van der Waals surface area (Å²) in [6.45, 7) is 1.25. The summed E-state index contributed by atoms with van der Waals surface area (Å²) < 4.78 is 17.7. The predicted octanol–water partition coefficient (Wildman–Crippen LogP) is 3.74. The van der Waals surface area contributed by atoms with Crippen LogP contribution in [0.2, 0.25) is 0 Å².